The number of benzene rings is 1. The van der Waals surface area contributed by atoms with Crippen LogP contribution in [-0.2, 0) is 13.1 Å². The number of aryl methyl sites for hydroxylation is 1. The molecule has 0 amide bonds. The van der Waals surface area contributed by atoms with Crippen molar-refractivity contribution in [2.45, 2.75) is 39.9 Å². The average Bonchev–Trinajstić information content (AvgIpc) is 2.83. The Morgan fingerprint density at radius 1 is 1.30 bits per heavy atom. The molecule has 1 aromatic carbocycles. The molecule has 0 aliphatic rings. The lowest BCUT2D eigenvalue weighted by Crippen LogP contribution is -2.21. The minimum atomic E-state index is 0.489. The Labute approximate surface area is 120 Å². The number of hydrogen-bond acceptors (Lipinski definition) is 3. The number of hydrogen-bond donors (Lipinski definition) is 1. The van der Waals surface area contributed by atoms with Crippen molar-refractivity contribution in [3.05, 3.63) is 47.8 Å². The maximum absolute atomic E-state index is 5.78. The molecule has 20 heavy (non-hydrogen) atoms. The zero-order valence-electron chi connectivity index (χ0n) is 12.5. The van der Waals surface area contributed by atoms with Crippen LogP contribution in [0, 0.1) is 6.92 Å². The molecule has 0 spiro atoms. The van der Waals surface area contributed by atoms with Gasteiger partial charge in [0.2, 0.25) is 0 Å². The normalized spacial score (nSPS) is 11.0. The van der Waals surface area contributed by atoms with Gasteiger partial charge in [0.1, 0.15) is 12.4 Å². The molecule has 0 unspecified atom stereocenters. The van der Waals surface area contributed by atoms with Crippen molar-refractivity contribution in [1.29, 1.82) is 0 Å². The van der Waals surface area contributed by atoms with Crippen LogP contribution in [0.25, 0.3) is 0 Å². The van der Waals surface area contributed by atoms with Crippen molar-refractivity contribution < 1.29 is 4.74 Å². The molecule has 0 bridgehead atoms. The molecule has 4 heteroatoms. The predicted octanol–water partition coefficient (Wildman–Crippen LogP) is 2.77. The quantitative estimate of drug-likeness (QED) is 0.843. The molecule has 108 valence electrons. The van der Waals surface area contributed by atoms with Gasteiger partial charge in [-0.3, -0.25) is 4.68 Å². The second-order valence-corrected chi connectivity index (χ2v) is 5.25. The fourth-order valence-corrected chi connectivity index (χ4v) is 1.91. The highest BCUT2D eigenvalue weighted by Crippen LogP contribution is 2.13. The Balaban J connectivity index is 1.81. The monoisotopic (exact) mass is 273 g/mol. The molecule has 2 aromatic rings. The molecular weight excluding hydrogens is 250 g/mol. The Hall–Kier alpha value is -1.81. The molecule has 1 aromatic heterocycles. The Morgan fingerprint density at radius 2 is 2.15 bits per heavy atom. The lowest BCUT2D eigenvalue weighted by atomic mass is 10.2. The first kappa shape index (κ1) is 14.6. The van der Waals surface area contributed by atoms with Crippen molar-refractivity contribution in [2.75, 3.05) is 6.61 Å². The fraction of sp³-hybridized carbons (Fsp3) is 0.438. The lowest BCUT2D eigenvalue weighted by Gasteiger charge is -2.10. The smallest absolute Gasteiger partial charge is 0.119 e. The summed E-state index contributed by atoms with van der Waals surface area (Å²) in [4.78, 5) is 0. The van der Waals surface area contributed by atoms with E-state index >= 15 is 0 Å². The summed E-state index contributed by atoms with van der Waals surface area (Å²) in [6.45, 7) is 8.54. The summed E-state index contributed by atoms with van der Waals surface area (Å²) in [6.07, 6.45) is 1.97. The van der Waals surface area contributed by atoms with Gasteiger partial charge in [-0.25, -0.2) is 0 Å². The van der Waals surface area contributed by atoms with Gasteiger partial charge in [0.25, 0.3) is 0 Å². The number of rotatable bonds is 7. The first-order chi connectivity index (χ1) is 9.63. The van der Waals surface area contributed by atoms with Crippen LogP contribution in [0.15, 0.2) is 36.5 Å². The van der Waals surface area contributed by atoms with Gasteiger partial charge in [-0.05, 0) is 30.7 Å². The molecule has 2 rings (SSSR count). The van der Waals surface area contributed by atoms with Gasteiger partial charge in [-0.15, -0.1) is 0 Å². The summed E-state index contributed by atoms with van der Waals surface area (Å²) in [5.41, 5.74) is 2.28. The number of ether oxygens (including phenoxy) is 1. The maximum Gasteiger partial charge on any atom is 0.119 e. The van der Waals surface area contributed by atoms with Crippen LogP contribution in [0.4, 0.5) is 0 Å². The van der Waals surface area contributed by atoms with Gasteiger partial charge in [0.05, 0.1) is 12.2 Å². The summed E-state index contributed by atoms with van der Waals surface area (Å²) in [5.74, 6) is 0.914. The molecule has 0 radical (unpaired) electrons. The van der Waals surface area contributed by atoms with E-state index in [1.54, 1.807) is 0 Å². The molecule has 0 aliphatic heterocycles. The Kier molecular flexibility index (Phi) is 5.18. The highest BCUT2D eigenvalue weighted by Gasteiger charge is 1.99. The standard InChI is InChI=1S/C16H23N3O/c1-13(2)17-12-15-5-4-6-16(11-15)20-10-9-19-8-7-14(3)18-19/h4-8,11,13,17H,9-10,12H2,1-3H3. The maximum atomic E-state index is 5.78. The van der Waals surface area contributed by atoms with E-state index in [-0.39, 0.29) is 0 Å². The Morgan fingerprint density at radius 3 is 2.85 bits per heavy atom. The summed E-state index contributed by atoms with van der Waals surface area (Å²) in [7, 11) is 0. The van der Waals surface area contributed by atoms with E-state index in [4.69, 9.17) is 4.74 Å². The third kappa shape index (κ3) is 4.70. The van der Waals surface area contributed by atoms with Gasteiger partial charge in [-0.2, -0.15) is 5.10 Å². The van der Waals surface area contributed by atoms with Crippen molar-refractivity contribution in [1.82, 2.24) is 15.1 Å². The van der Waals surface area contributed by atoms with Crippen LogP contribution in [0.3, 0.4) is 0 Å². The van der Waals surface area contributed by atoms with Gasteiger partial charge >= 0.3 is 0 Å². The van der Waals surface area contributed by atoms with Crippen molar-refractivity contribution in [3.63, 3.8) is 0 Å². The topological polar surface area (TPSA) is 39.1 Å². The zero-order chi connectivity index (χ0) is 14.4. The van der Waals surface area contributed by atoms with E-state index in [1.165, 1.54) is 5.56 Å². The van der Waals surface area contributed by atoms with E-state index in [0.29, 0.717) is 12.6 Å². The highest BCUT2D eigenvalue weighted by atomic mass is 16.5. The molecule has 0 fully saturated rings. The molecule has 1 heterocycles. The van der Waals surface area contributed by atoms with Gasteiger partial charge in [0, 0.05) is 18.8 Å². The molecule has 0 saturated carbocycles. The summed E-state index contributed by atoms with van der Waals surface area (Å²) < 4.78 is 7.68. The first-order valence-corrected chi connectivity index (χ1v) is 7.08. The molecule has 0 saturated heterocycles. The van der Waals surface area contributed by atoms with E-state index in [0.717, 1.165) is 24.5 Å². The second-order valence-electron chi connectivity index (χ2n) is 5.25. The van der Waals surface area contributed by atoms with E-state index in [1.807, 2.05) is 36.0 Å². The van der Waals surface area contributed by atoms with Gasteiger partial charge < -0.3 is 10.1 Å². The van der Waals surface area contributed by atoms with Gasteiger partial charge in [0.15, 0.2) is 0 Å². The summed E-state index contributed by atoms with van der Waals surface area (Å²) in [5, 5.41) is 7.74. The van der Waals surface area contributed by atoms with Crippen LogP contribution in [0.5, 0.6) is 5.75 Å². The number of aromatic nitrogens is 2. The van der Waals surface area contributed by atoms with E-state index in [2.05, 4.69) is 36.4 Å². The second kappa shape index (κ2) is 7.10. The molecular formula is C16H23N3O. The third-order valence-corrected chi connectivity index (χ3v) is 2.98. The number of nitrogens with zero attached hydrogens (tertiary/aromatic N) is 2. The molecule has 0 aliphatic carbocycles. The van der Waals surface area contributed by atoms with Crippen LogP contribution in [0.1, 0.15) is 25.1 Å². The Bertz CT molecular complexity index is 534. The lowest BCUT2D eigenvalue weighted by molar-refractivity contribution is 0.290. The van der Waals surface area contributed by atoms with Crippen molar-refractivity contribution >= 4 is 0 Å². The van der Waals surface area contributed by atoms with Crippen molar-refractivity contribution in [2.24, 2.45) is 0 Å². The first-order valence-electron chi connectivity index (χ1n) is 7.08. The van der Waals surface area contributed by atoms with Gasteiger partial charge in [-0.1, -0.05) is 26.0 Å². The number of nitrogens with one attached hydrogen (secondary N) is 1. The van der Waals surface area contributed by atoms with E-state index in [9.17, 15) is 0 Å². The average molecular weight is 273 g/mol. The van der Waals surface area contributed by atoms with Crippen LogP contribution in [0.2, 0.25) is 0 Å². The largest absolute Gasteiger partial charge is 0.492 e. The van der Waals surface area contributed by atoms with Crippen molar-refractivity contribution in [3.8, 4) is 5.75 Å². The molecule has 0 atom stereocenters. The molecule has 4 nitrogen and oxygen atoms in total. The van der Waals surface area contributed by atoms with Crippen LogP contribution in [-0.4, -0.2) is 22.4 Å². The van der Waals surface area contributed by atoms with Crippen LogP contribution >= 0.6 is 0 Å². The highest BCUT2D eigenvalue weighted by molar-refractivity contribution is 5.28. The summed E-state index contributed by atoms with van der Waals surface area (Å²) >= 11 is 0. The predicted molar refractivity (Wildman–Crippen MR) is 80.9 cm³/mol. The fourth-order valence-electron chi connectivity index (χ4n) is 1.91. The zero-order valence-corrected chi connectivity index (χ0v) is 12.5. The SMILES string of the molecule is Cc1ccn(CCOc2cccc(CNC(C)C)c2)n1. The van der Waals surface area contributed by atoms with E-state index < -0.39 is 0 Å². The molecule has 1 N–H and O–H groups in total. The van der Waals surface area contributed by atoms with Crippen LogP contribution < -0.4 is 10.1 Å². The minimum absolute atomic E-state index is 0.489. The minimum Gasteiger partial charge on any atom is -0.492 e. The third-order valence-electron chi connectivity index (χ3n) is 2.98. The summed E-state index contributed by atoms with van der Waals surface area (Å²) in [6, 6.07) is 10.7.